The fourth-order valence-corrected chi connectivity index (χ4v) is 3.85. The van der Waals surface area contributed by atoms with E-state index in [4.69, 9.17) is 0 Å². The Balaban J connectivity index is 1.49. The lowest BCUT2D eigenvalue weighted by molar-refractivity contribution is 0.132. The first-order chi connectivity index (χ1) is 10.2. The highest BCUT2D eigenvalue weighted by molar-refractivity contribution is 7.17. The first kappa shape index (κ1) is 14.4. The van der Waals surface area contributed by atoms with Gasteiger partial charge in [-0.1, -0.05) is 24.6 Å². The Labute approximate surface area is 128 Å². The Morgan fingerprint density at radius 3 is 2.95 bits per heavy atom. The van der Waals surface area contributed by atoms with Crippen molar-refractivity contribution in [3.05, 3.63) is 35.2 Å². The van der Waals surface area contributed by atoms with Crippen molar-refractivity contribution < 1.29 is 9.90 Å². The van der Waals surface area contributed by atoms with Crippen LogP contribution >= 0.6 is 11.3 Å². The number of hydrogen-bond acceptors (Lipinski definition) is 3. The van der Waals surface area contributed by atoms with Gasteiger partial charge in [-0.2, -0.15) is 0 Å². The quantitative estimate of drug-likeness (QED) is 0.813. The van der Waals surface area contributed by atoms with Crippen LogP contribution in [-0.4, -0.2) is 23.8 Å². The van der Waals surface area contributed by atoms with Crippen molar-refractivity contribution in [2.75, 3.05) is 6.54 Å². The monoisotopic (exact) mass is 304 g/mol. The minimum Gasteiger partial charge on any atom is -0.393 e. The molecule has 5 heteroatoms. The third kappa shape index (κ3) is 3.36. The van der Waals surface area contributed by atoms with E-state index in [1.807, 2.05) is 12.1 Å². The molecule has 112 valence electrons. The van der Waals surface area contributed by atoms with Gasteiger partial charge in [0.2, 0.25) is 0 Å². The zero-order valence-corrected chi connectivity index (χ0v) is 12.7. The van der Waals surface area contributed by atoms with E-state index in [1.54, 1.807) is 11.3 Å². The Morgan fingerprint density at radius 1 is 1.29 bits per heavy atom. The van der Waals surface area contributed by atoms with E-state index >= 15 is 0 Å². The summed E-state index contributed by atoms with van der Waals surface area (Å²) in [5, 5.41) is 18.8. The van der Waals surface area contributed by atoms with Crippen LogP contribution in [-0.2, 0) is 6.54 Å². The largest absolute Gasteiger partial charge is 0.393 e. The highest BCUT2D eigenvalue weighted by atomic mass is 32.1. The van der Waals surface area contributed by atoms with Gasteiger partial charge in [-0.25, -0.2) is 4.79 Å². The number of carbonyl (C=O) groups is 1. The van der Waals surface area contributed by atoms with Crippen LogP contribution in [0.2, 0.25) is 0 Å². The fraction of sp³-hybridized carbons (Fsp3) is 0.438. The molecule has 1 aliphatic carbocycles. The van der Waals surface area contributed by atoms with Crippen molar-refractivity contribution >= 4 is 27.5 Å². The van der Waals surface area contributed by atoms with Crippen LogP contribution in [0.1, 0.15) is 24.8 Å². The maximum Gasteiger partial charge on any atom is 0.315 e. The van der Waals surface area contributed by atoms with Crippen LogP contribution < -0.4 is 10.6 Å². The van der Waals surface area contributed by atoms with Gasteiger partial charge in [-0.3, -0.25) is 0 Å². The van der Waals surface area contributed by atoms with Crippen LogP contribution in [0.25, 0.3) is 10.1 Å². The number of carbonyl (C=O) groups excluding carboxylic acids is 1. The maximum atomic E-state index is 11.8. The highest BCUT2D eigenvalue weighted by Gasteiger charge is 2.25. The number of hydrogen-bond donors (Lipinski definition) is 3. The standard InChI is InChI=1S/C16H20N2O2S/c19-14-6-3-4-11(14)8-17-16(20)18-9-12-10-21-15-7-2-1-5-13(12)15/h1-2,5,7,10-11,14,19H,3-4,6,8-9H2,(H2,17,18,20)/t11-,14-/m0/s1. The zero-order valence-electron chi connectivity index (χ0n) is 11.8. The predicted octanol–water partition coefficient (Wildman–Crippen LogP) is 2.86. The molecule has 1 aromatic heterocycles. The van der Waals surface area contributed by atoms with E-state index in [0.29, 0.717) is 13.1 Å². The molecule has 0 bridgehead atoms. The summed E-state index contributed by atoms with van der Waals surface area (Å²) >= 11 is 1.69. The third-order valence-corrected chi connectivity index (χ3v) is 5.16. The summed E-state index contributed by atoms with van der Waals surface area (Å²) in [6, 6.07) is 8.04. The molecule has 0 saturated heterocycles. The van der Waals surface area contributed by atoms with E-state index in [-0.39, 0.29) is 18.1 Å². The van der Waals surface area contributed by atoms with Gasteiger partial charge in [-0.05, 0) is 35.2 Å². The lowest BCUT2D eigenvalue weighted by atomic mass is 10.1. The van der Waals surface area contributed by atoms with Crippen molar-refractivity contribution in [1.82, 2.24) is 10.6 Å². The normalized spacial score (nSPS) is 21.6. The molecular weight excluding hydrogens is 284 g/mol. The van der Waals surface area contributed by atoms with Crippen LogP contribution in [0.5, 0.6) is 0 Å². The summed E-state index contributed by atoms with van der Waals surface area (Å²) in [4.78, 5) is 11.8. The average Bonchev–Trinajstić information content (AvgIpc) is 3.09. The van der Waals surface area contributed by atoms with Gasteiger partial charge in [0.05, 0.1) is 6.10 Å². The summed E-state index contributed by atoms with van der Waals surface area (Å²) in [5.41, 5.74) is 1.15. The number of aliphatic hydroxyl groups excluding tert-OH is 1. The summed E-state index contributed by atoms with van der Waals surface area (Å²) in [6.45, 7) is 1.08. The Kier molecular flexibility index (Phi) is 4.41. The van der Waals surface area contributed by atoms with Gasteiger partial charge in [0, 0.05) is 23.7 Å². The first-order valence-electron chi connectivity index (χ1n) is 7.39. The van der Waals surface area contributed by atoms with E-state index < -0.39 is 0 Å². The number of fused-ring (bicyclic) bond motifs is 1. The topological polar surface area (TPSA) is 61.4 Å². The fourth-order valence-electron chi connectivity index (χ4n) is 2.89. The molecule has 1 aliphatic rings. The smallest absolute Gasteiger partial charge is 0.315 e. The van der Waals surface area contributed by atoms with Crippen molar-refractivity contribution in [3.8, 4) is 0 Å². The minimum atomic E-state index is -0.258. The molecule has 1 aromatic carbocycles. The second-order valence-corrected chi connectivity index (χ2v) is 6.49. The Hall–Kier alpha value is -1.59. The second kappa shape index (κ2) is 6.45. The molecule has 1 heterocycles. The van der Waals surface area contributed by atoms with Gasteiger partial charge in [0.1, 0.15) is 0 Å². The van der Waals surface area contributed by atoms with Gasteiger partial charge in [0.25, 0.3) is 0 Å². The number of thiophene rings is 1. The van der Waals surface area contributed by atoms with Gasteiger partial charge >= 0.3 is 6.03 Å². The van der Waals surface area contributed by atoms with Crippen LogP contribution in [0.3, 0.4) is 0 Å². The Morgan fingerprint density at radius 2 is 2.14 bits per heavy atom. The summed E-state index contributed by atoms with van der Waals surface area (Å²) in [6.07, 6.45) is 2.65. The van der Waals surface area contributed by atoms with E-state index in [9.17, 15) is 9.90 Å². The molecule has 4 nitrogen and oxygen atoms in total. The van der Waals surface area contributed by atoms with Crippen molar-refractivity contribution in [2.24, 2.45) is 5.92 Å². The molecule has 21 heavy (non-hydrogen) atoms. The SMILES string of the molecule is O=C(NCc1csc2ccccc12)NC[C@@H]1CCC[C@@H]1O. The molecule has 3 N–H and O–H groups in total. The highest BCUT2D eigenvalue weighted by Crippen LogP contribution is 2.26. The van der Waals surface area contributed by atoms with Gasteiger partial charge in [-0.15, -0.1) is 11.3 Å². The maximum absolute atomic E-state index is 11.8. The van der Waals surface area contributed by atoms with E-state index in [0.717, 1.165) is 24.8 Å². The molecular formula is C16H20N2O2S. The van der Waals surface area contributed by atoms with Crippen molar-refractivity contribution in [3.63, 3.8) is 0 Å². The molecule has 0 spiro atoms. The van der Waals surface area contributed by atoms with Crippen molar-refractivity contribution in [1.29, 1.82) is 0 Å². The molecule has 0 unspecified atom stereocenters. The average molecular weight is 304 g/mol. The lowest BCUT2D eigenvalue weighted by Crippen LogP contribution is -2.39. The second-order valence-electron chi connectivity index (χ2n) is 5.58. The molecule has 2 atom stereocenters. The Bertz CT molecular complexity index is 626. The van der Waals surface area contributed by atoms with Crippen molar-refractivity contribution in [2.45, 2.75) is 31.9 Å². The van der Waals surface area contributed by atoms with Crippen LogP contribution in [0.4, 0.5) is 4.79 Å². The number of rotatable bonds is 4. The number of benzene rings is 1. The molecule has 2 amide bonds. The van der Waals surface area contributed by atoms with Gasteiger partial charge < -0.3 is 15.7 Å². The summed E-state index contributed by atoms with van der Waals surface area (Å²) < 4.78 is 1.24. The van der Waals surface area contributed by atoms with Gasteiger partial charge in [0.15, 0.2) is 0 Å². The molecule has 1 saturated carbocycles. The zero-order chi connectivity index (χ0) is 14.7. The number of nitrogens with one attached hydrogen (secondary N) is 2. The van der Waals surface area contributed by atoms with E-state index in [2.05, 4.69) is 28.1 Å². The summed E-state index contributed by atoms with van der Waals surface area (Å²) in [5.74, 6) is 0.206. The molecule has 0 radical (unpaired) electrons. The van der Waals surface area contributed by atoms with Crippen LogP contribution in [0, 0.1) is 5.92 Å². The first-order valence-corrected chi connectivity index (χ1v) is 8.27. The number of amides is 2. The van der Waals surface area contributed by atoms with E-state index in [1.165, 1.54) is 10.1 Å². The minimum absolute atomic E-state index is 0.163. The van der Waals surface area contributed by atoms with Crippen LogP contribution in [0.15, 0.2) is 29.6 Å². The lowest BCUT2D eigenvalue weighted by Gasteiger charge is -2.15. The molecule has 0 aliphatic heterocycles. The predicted molar refractivity (Wildman–Crippen MR) is 85.4 cm³/mol. The molecule has 3 rings (SSSR count). The molecule has 2 aromatic rings. The third-order valence-electron chi connectivity index (χ3n) is 4.14. The number of aliphatic hydroxyl groups is 1. The number of urea groups is 1. The molecule has 1 fully saturated rings. The summed E-state index contributed by atoms with van der Waals surface area (Å²) in [7, 11) is 0.